The van der Waals surface area contributed by atoms with Crippen LogP contribution in [0.1, 0.15) is 40.1 Å². The number of hydrogen-bond donors (Lipinski definition) is 1. The molecule has 0 radical (unpaired) electrons. The van der Waals surface area contributed by atoms with Crippen LogP contribution in [0.3, 0.4) is 0 Å². The number of sulfonamides is 1. The summed E-state index contributed by atoms with van der Waals surface area (Å²) in [6.45, 7) is 4.74. The van der Waals surface area contributed by atoms with Crippen LogP contribution in [-0.4, -0.2) is 20.9 Å². The van der Waals surface area contributed by atoms with Crippen molar-refractivity contribution in [3.05, 3.63) is 148 Å². The molecule has 6 rings (SSSR count). The first-order chi connectivity index (χ1) is 22.1. The Balaban J connectivity index is 1.52. The molecule has 234 valence electrons. The molecule has 5 aromatic rings. The maximum Gasteiger partial charge on any atom is 0.262 e. The molecular formula is C36H31Cl2N3O4S. The van der Waals surface area contributed by atoms with Gasteiger partial charge in [-0.1, -0.05) is 77.3 Å². The predicted molar refractivity (Wildman–Crippen MR) is 185 cm³/mol. The molecule has 5 aromatic carbocycles. The normalized spacial score (nSPS) is 14.6. The molecule has 1 aliphatic heterocycles. The fourth-order valence-electron chi connectivity index (χ4n) is 5.53. The zero-order chi connectivity index (χ0) is 32.4. The van der Waals surface area contributed by atoms with Gasteiger partial charge in [0.2, 0.25) is 0 Å². The Morgan fingerprint density at radius 1 is 0.826 bits per heavy atom. The number of carbonyl (C=O) groups excluding carboxylic acids is 1. The fourth-order valence-corrected chi connectivity index (χ4v) is 6.92. The highest BCUT2D eigenvalue weighted by Gasteiger charge is 2.40. The lowest BCUT2D eigenvalue weighted by molar-refractivity contribution is 0.0968. The minimum Gasteiger partial charge on any atom is -0.494 e. The molecular weight excluding hydrogens is 641 g/mol. The maximum atomic E-state index is 14.6. The molecule has 0 bridgehead atoms. The van der Waals surface area contributed by atoms with E-state index in [1.54, 1.807) is 47.4 Å². The monoisotopic (exact) mass is 671 g/mol. The topological polar surface area (TPSA) is 78.9 Å². The number of ether oxygens (including phenoxy) is 1. The number of amides is 1. The minimum atomic E-state index is -4.02. The third kappa shape index (κ3) is 6.42. The van der Waals surface area contributed by atoms with Crippen LogP contribution in [0.25, 0.3) is 0 Å². The average Bonchev–Trinajstić information content (AvgIpc) is 3.05. The first-order valence-electron chi connectivity index (χ1n) is 14.7. The molecule has 1 N–H and O–H groups in total. The molecule has 0 aliphatic carbocycles. The second-order valence-corrected chi connectivity index (χ2v) is 13.4. The van der Waals surface area contributed by atoms with Crippen LogP contribution >= 0.6 is 23.2 Å². The van der Waals surface area contributed by atoms with Gasteiger partial charge in [0.1, 0.15) is 11.9 Å². The molecule has 0 saturated heterocycles. The number of nitrogens with one attached hydrogen (secondary N) is 1. The standard InChI is InChI=1S/C36H31Cl2N3O4S/c1-3-45-29-16-14-28(15-17-29)41-35(26-11-19-32(37)33(38)21-26)40(23-25-7-5-4-6-8-25)34-20-18-30(22-31(34)36(41)42)46(43,44)39-27-12-9-24(2)10-13-27/h4-22,35,39H,3,23H2,1-2H3/t35-/m1/s1. The van der Waals surface area contributed by atoms with Gasteiger partial charge in [0.25, 0.3) is 15.9 Å². The number of aryl methyl sites for hydroxylation is 1. The Bertz CT molecular complexity index is 1990. The number of fused-ring (bicyclic) bond motifs is 1. The summed E-state index contributed by atoms with van der Waals surface area (Å²) >= 11 is 12.8. The highest BCUT2D eigenvalue weighted by atomic mass is 35.5. The van der Waals surface area contributed by atoms with Crippen LogP contribution in [-0.2, 0) is 16.6 Å². The van der Waals surface area contributed by atoms with Gasteiger partial charge in [-0.05, 0) is 91.7 Å². The summed E-state index contributed by atoms with van der Waals surface area (Å²) in [5.74, 6) is 0.297. The molecule has 0 fully saturated rings. The van der Waals surface area contributed by atoms with E-state index in [0.29, 0.717) is 46.0 Å². The van der Waals surface area contributed by atoms with E-state index >= 15 is 0 Å². The van der Waals surface area contributed by atoms with Crippen molar-refractivity contribution in [1.29, 1.82) is 0 Å². The van der Waals surface area contributed by atoms with Gasteiger partial charge in [-0.15, -0.1) is 0 Å². The van der Waals surface area contributed by atoms with Crippen LogP contribution < -0.4 is 19.3 Å². The van der Waals surface area contributed by atoms with Crippen LogP contribution in [0.5, 0.6) is 5.75 Å². The van der Waals surface area contributed by atoms with E-state index in [0.717, 1.165) is 16.7 Å². The summed E-state index contributed by atoms with van der Waals surface area (Å²) < 4.78 is 35.4. The minimum absolute atomic E-state index is 0.0283. The molecule has 1 amide bonds. The molecule has 0 spiro atoms. The van der Waals surface area contributed by atoms with Gasteiger partial charge >= 0.3 is 0 Å². The van der Waals surface area contributed by atoms with Gasteiger partial charge in [-0.2, -0.15) is 0 Å². The third-order valence-electron chi connectivity index (χ3n) is 7.74. The van der Waals surface area contributed by atoms with Crippen molar-refractivity contribution >= 4 is 56.2 Å². The molecule has 7 nitrogen and oxygen atoms in total. The van der Waals surface area contributed by atoms with Crippen LogP contribution in [0.15, 0.2) is 120 Å². The van der Waals surface area contributed by atoms with E-state index in [9.17, 15) is 13.2 Å². The lowest BCUT2D eigenvalue weighted by Crippen LogP contribution is -2.49. The van der Waals surface area contributed by atoms with Crippen LogP contribution in [0, 0.1) is 6.92 Å². The number of hydrogen-bond acceptors (Lipinski definition) is 5. The Morgan fingerprint density at radius 2 is 1.54 bits per heavy atom. The number of rotatable bonds is 9. The summed E-state index contributed by atoms with van der Waals surface area (Å²) in [5, 5.41) is 0.749. The Morgan fingerprint density at radius 3 is 2.22 bits per heavy atom. The Hall–Kier alpha value is -4.50. The van der Waals surface area contributed by atoms with Crippen molar-refractivity contribution in [2.24, 2.45) is 0 Å². The van der Waals surface area contributed by atoms with Gasteiger partial charge in [-0.25, -0.2) is 8.42 Å². The van der Waals surface area contributed by atoms with Crippen molar-refractivity contribution < 1.29 is 17.9 Å². The van der Waals surface area contributed by atoms with Gasteiger partial charge in [0, 0.05) is 17.9 Å². The molecule has 0 saturated carbocycles. The molecule has 46 heavy (non-hydrogen) atoms. The van der Waals surface area contributed by atoms with Crippen molar-refractivity contribution in [1.82, 2.24) is 0 Å². The maximum absolute atomic E-state index is 14.6. The van der Waals surface area contributed by atoms with E-state index in [4.69, 9.17) is 27.9 Å². The highest BCUT2D eigenvalue weighted by molar-refractivity contribution is 7.92. The number of anilines is 3. The quantitative estimate of drug-likeness (QED) is 0.169. The van der Waals surface area contributed by atoms with Gasteiger partial charge < -0.3 is 9.64 Å². The molecule has 0 unspecified atom stereocenters. The lowest BCUT2D eigenvalue weighted by atomic mass is 9.99. The van der Waals surface area contributed by atoms with Gasteiger partial charge in [0.05, 0.1) is 32.8 Å². The van der Waals surface area contributed by atoms with Crippen molar-refractivity contribution in [3.8, 4) is 5.75 Å². The summed E-state index contributed by atoms with van der Waals surface area (Å²) in [7, 11) is -4.02. The summed E-state index contributed by atoms with van der Waals surface area (Å²) in [6, 6.07) is 34.2. The molecule has 1 aliphatic rings. The van der Waals surface area contributed by atoms with E-state index in [-0.39, 0.29) is 16.4 Å². The average molecular weight is 673 g/mol. The highest BCUT2D eigenvalue weighted by Crippen LogP contribution is 2.44. The number of carbonyl (C=O) groups is 1. The fraction of sp³-hybridized carbons (Fsp3) is 0.139. The first kappa shape index (κ1) is 31.5. The smallest absolute Gasteiger partial charge is 0.262 e. The second-order valence-electron chi connectivity index (χ2n) is 10.9. The SMILES string of the molecule is CCOc1ccc(N2C(=O)c3cc(S(=O)(=O)Nc4ccc(C)cc4)ccc3N(Cc3ccccc3)[C@H]2c2ccc(Cl)c(Cl)c2)cc1. The van der Waals surface area contributed by atoms with Crippen molar-refractivity contribution in [3.63, 3.8) is 0 Å². The molecule has 0 aromatic heterocycles. The van der Waals surface area contributed by atoms with E-state index in [1.165, 1.54) is 12.1 Å². The van der Waals surface area contributed by atoms with E-state index in [2.05, 4.69) is 9.62 Å². The van der Waals surface area contributed by atoms with E-state index < -0.39 is 16.2 Å². The summed E-state index contributed by atoms with van der Waals surface area (Å²) in [4.78, 5) is 18.3. The Labute approximate surface area is 279 Å². The molecule has 1 heterocycles. The zero-order valence-corrected chi connectivity index (χ0v) is 27.5. The zero-order valence-electron chi connectivity index (χ0n) is 25.2. The lowest BCUT2D eigenvalue weighted by Gasteiger charge is -2.46. The molecule has 1 atom stereocenters. The van der Waals surface area contributed by atoms with Crippen molar-refractivity contribution in [2.45, 2.75) is 31.5 Å². The second kappa shape index (κ2) is 13.1. The van der Waals surface area contributed by atoms with Gasteiger partial charge in [-0.3, -0.25) is 14.4 Å². The predicted octanol–water partition coefficient (Wildman–Crippen LogP) is 8.87. The van der Waals surface area contributed by atoms with Gasteiger partial charge in [0.15, 0.2) is 0 Å². The number of benzene rings is 5. The first-order valence-corrected chi connectivity index (χ1v) is 16.9. The number of halogens is 2. The third-order valence-corrected chi connectivity index (χ3v) is 9.86. The number of nitrogens with zero attached hydrogens (tertiary/aromatic N) is 2. The summed E-state index contributed by atoms with van der Waals surface area (Å²) in [5.41, 5.74) is 4.59. The van der Waals surface area contributed by atoms with Crippen LogP contribution in [0.4, 0.5) is 17.1 Å². The summed E-state index contributed by atoms with van der Waals surface area (Å²) in [6.07, 6.45) is -0.652. The largest absolute Gasteiger partial charge is 0.494 e. The Kier molecular flexibility index (Phi) is 8.95. The van der Waals surface area contributed by atoms with Crippen molar-refractivity contribution in [2.75, 3.05) is 21.1 Å². The van der Waals surface area contributed by atoms with E-state index in [1.807, 2.05) is 74.5 Å². The van der Waals surface area contributed by atoms with Crippen LogP contribution in [0.2, 0.25) is 10.0 Å². The molecule has 10 heteroatoms.